The number of methoxy groups -OCH3 is 1. The smallest absolute Gasteiger partial charge is 0.251 e. The highest BCUT2D eigenvalue weighted by Gasteiger charge is 2.35. The van der Waals surface area contributed by atoms with E-state index in [9.17, 15) is 4.79 Å². The normalized spacial score (nSPS) is 15.8. The summed E-state index contributed by atoms with van der Waals surface area (Å²) in [6.45, 7) is 2.81. The third kappa shape index (κ3) is 3.87. The second-order valence-electron chi connectivity index (χ2n) is 6.95. The van der Waals surface area contributed by atoms with Gasteiger partial charge in [-0.3, -0.25) is 4.79 Å². The summed E-state index contributed by atoms with van der Waals surface area (Å²) in [7, 11) is 1.68. The van der Waals surface area contributed by atoms with Gasteiger partial charge in [0.1, 0.15) is 5.75 Å². The van der Waals surface area contributed by atoms with Gasteiger partial charge in [0.05, 0.1) is 7.11 Å². The largest absolute Gasteiger partial charge is 0.497 e. The van der Waals surface area contributed by atoms with E-state index in [0.717, 1.165) is 30.6 Å². The number of ether oxygens (including phenoxy) is 1. The lowest BCUT2D eigenvalue weighted by Crippen LogP contribution is -2.39. The molecule has 3 nitrogen and oxygen atoms in total. The van der Waals surface area contributed by atoms with Crippen LogP contribution in [0.2, 0.25) is 0 Å². The lowest BCUT2D eigenvalue weighted by atomic mass is 9.78. The molecule has 1 amide bonds. The Hall–Kier alpha value is -2.29. The van der Waals surface area contributed by atoms with Crippen molar-refractivity contribution in [1.82, 2.24) is 5.32 Å². The standard InChI is InChI=1S/C22H27NO2/c1-3-17-6-8-18(9-7-17)21(24)23-16-22(14-4-5-15-22)19-10-12-20(25-2)13-11-19/h6-13H,3-5,14-16H2,1-2H3,(H,23,24). The fraction of sp³-hybridized carbons (Fsp3) is 0.409. The second kappa shape index (κ2) is 7.73. The molecule has 1 aliphatic carbocycles. The van der Waals surface area contributed by atoms with E-state index in [1.807, 2.05) is 36.4 Å². The van der Waals surface area contributed by atoms with Gasteiger partial charge in [0, 0.05) is 17.5 Å². The number of rotatable bonds is 6. The average Bonchev–Trinajstić information content (AvgIpc) is 3.16. The summed E-state index contributed by atoms with van der Waals surface area (Å²) in [4.78, 5) is 12.5. The number of nitrogens with one attached hydrogen (secondary N) is 1. The minimum absolute atomic E-state index is 0.0161. The number of carbonyl (C=O) groups excluding carboxylic acids is 1. The predicted octanol–water partition coefficient (Wildman–Crippen LogP) is 4.50. The van der Waals surface area contributed by atoms with E-state index in [0.29, 0.717) is 6.54 Å². The highest BCUT2D eigenvalue weighted by molar-refractivity contribution is 5.94. The van der Waals surface area contributed by atoms with Crippen LogP contribution in [-0.2, 0) is 11.8 Å². The summed E-state index contributed by atoms with van der Waals surface area (Å²) in [6, 6.07) is 16.2. The summed E-state index contributed by atoms with van der Waals surface area (Å²) in [5, 5.41) is 3.18. The first-order valence-electron chi connectivity index (χ1n) is 9.18. The Labute approximate surface area is 150 Å². The third-order valence-electron chi connectivity index (χ3n) is 5.47. The molecule has 0 unspecified atom stereocenters. The summed E-state index contributed by atoms with van der Waals surface area (Å²) < 4.78 is 5.27. The maximum absolute atomic E-state index is 12.5. The van der Waals surface area contributed by atoms with Gasteiger partial charge in [0.15, 0.2) is 0 Å². The van der Waals surface area contributed by atoms with Gasteiger partial charge in [-0.05, 0) is 54.7 Å². The van der Waals surface area contributed by atoms with Crippen LogP contribution >= 0.6 is 0 Å². The average molecular weight is 337 g/mol. The molecule has 3 rings (SSSR count). The van der Waals surface area contributed by atoms with Crippen LogP contribution < -0.4 is 10.1 Å². The van der Waals surface area contributed by atoms with Gasteiger partial charge in [0.2, 0.25) is 0 Å². The summed E-state index contributed by atoms with van der Waals surface area (Å²) in [6.07, 6.45) is 5.66. The van der Waals surface area contributed by atoms with Crippen LogP contribution in [-0.4, -0.2) is 19.6 Å². The van der Waals surface area contributed by atoms with Gasteiger partial charge >= 0.3 is 0 Å². The number of aryl methyl sites for hydroxylation is 1. The molecule has 0 saturated heterocycles. The molecule has 25 heavy (non-hydrogen) atoms. The molecule has 0 bridgehead atoms. The van der Waals surface area contributed by atoms with Gasteiger partial charge < -0.3 is 10.1 Å². The van der Waals surface area contributed by atoms with Gasteiger partial charge in [0.25, 0.3) is 5.91 Å². The van der Waals surface area contributed by atoms with E-state index in [2.05, 4.69) is 24.4 Å². The molecule has 1 aliphatic rings. The lowest BCUT2D eigenvalue weighted by Gasteiger charge is -2.30. The highest BCUT2D eigenvalue weighted by Crippen LogP contribution is 2.41. The first-order chi connectivity index (χ1) is 12.2. The topological polar surface area (TPSA) is 38.3 Å². The van der Waals surface area contributed by atoms with Crippen LogP contribution in [0.25, 0.3) is 0 Å². The van der Waals surface area contributed by atoms with Crippen molar-refractivity contribution in [3.63, 3.8) is 0 Å². The Morgan fingerprint density at radius 2 is 1.68 bits per heavy atom. The minimum atomic E-state index is 0.0161. The molecular weight excluding hydrogens is 310 g/mol. The zero-order valence-corrected chi connectivity index (χ0v) is 15.2. The Bertz CT molecular complexity index is 698. The van der Waals surface area contributed by atoms with Crippen molar-refractivity contribution in [2.75, 3.05) is 13.7 Å². The molecule has 2 aromatic rings. The third-order valence-corrected chi connectivity index (χ3v) is 5.47. The molecular formula is C22H27NO2. The van der Waals surface area contributed by atoms with E-state index in [1.54, 1.807) is 7.11 Å². The predicted molar refractivity (Wildman–Crippen MR) is 101 cm³/mol. The van der Waals surface area contributed by atoms with E-state index in [1.165, 1.54) is 24.0 Å². The summed E-state index contributed by atoms with van der Waals surface area (Å²) >= 11 is 0. The van der Waals surface area contributed by atoms with E-state index < -0.39 is 0 Å². The number of hydrogen-bond donors (Lipinski definition) is 1. The van der Waals surface area contributed by atoms with Crippen molar-refractivity contribution < 1.29 is 9.53 Å². The van der Waals surface area contributed by atoms with Crippen molar-refractivity contribution in [2.45, 2.75) is 44.4 Å². The molecule has 132 valence electrons. The summed E-state index contributed by atoms with van der Waals surface area (Å²) in [5.41, 5.74) is 3.33. The lowest BCUT2D eigenvalue weighted by molar-refractivity contribution is 0.0943. The van der Waals surface area contributed by atoms with Gasteiger partial charge in [-0.2, -0.15) is 0 Å². The molecule has 0 spiro atoms. The summed E-state index contributed by atoms with van der Waals surface area (Å²) in [5.74, 6) is 0.888. The van der Waals surface area contributed by atoms with Crippen molar-refractivity contribution in [3.8, 4) is 5.75 Å². The SMILES string of the molecule is CCc1ccc(C(=O)NCC2(c3ccc(OC)cc3)CCCC2)cc1. The Kier molecular flexibility index (Phi) is 5.42. The zero-order chi connectivity index (χ0) is 17.7. The van der Waals surface area contributed by atoms with E-state index in [-0.39, 0.29) is 11.3 Å². The van der Waals surface area contributed by atoms with Crippen molar-refractivity contribution in [1.29, 1.82) is 0 Å². The molecule has 1 saturated carbocycles. The van der Waals surface area contributed by atoms with E-state index >= 15 is 0 Å². The fourth-order valence-electron chi connectivity index (χ4n) is 3.81. The highest BCUT2D eigenvalue weighted by atomic mass is 16.5. The number of benzene rings is 2. The van der Waals surface area contributed by atoms with Crippen LogP contribution in [0.5, 0.6) is 5.75 Å². The van der Waals surface area contributed by atoms with Crippen molar-refractivity contribution in [2.24, 2.45) is 0 Å². The van der Waals surface area contributed by atoms with Gasteiger partial charge in [-0.15, -0.1) is 0 Å². The zero-order valence-electron chi connectivity index (χ0n) is 15.2. The number of carbonyl (C=O) groups is 1. The molecule has 0 atom stereocenters. The molecule has 1 N–H and O–H groups in total. The Morgan fingerprint density at radius 3 is 2.24 bits per heavy atom. The molecule has 0 heterocycles. The van der Waals surface area contributed by atoms with Crippen LogP contribution in [0.4, 0.5) is 0 Å². The van der Waals surface area contributed by atoms with Crippen LogP contribution in [0.15, 0.2) is 48.5 Å². The van der Waals surface area contributed by atoms with Crippen LogP contribution in [0, 0.1) is 0 Å². The fourth-order valence-corrected chi connectivity index (χ4v) is 3.81. The van der Waals surface area contributed by atoms with E-state index in [4.69, 9.17) is 4.74 Å². The number of amides is 1. The number of hydrogen-bond acceptors (Lipinski definition) is 2. The molecule has 3 heteroatoms. The molecule has 0 radical (unpaired) electrons. The molecule has 2 aromatic carbocycles. The van der Waals surface area contributed by atoms with Crippen LogP contribution in [0.1, 0.15) is 54.1 Å². The van der Waals surface area contributed by atoms with Crippen LogP contribution in [0.3, 0.4) is 0 Å². The molecule has 1 fully saturated rings. The molecule has 0 aromatic heterocycles. The quantitative estimate of drug-likeness (QED) is 0.843. The molecule has 0 aliphatic heterocycles. The first kappa shape index (κ1) is 17.5. The van der Waals surface area contributed by atoms with Crippen molar-refractivity contribution in [3.05, 3.63) is 65.2 Å². The Morgan fingerprint density at radius 1 is 1.04 bits per heavy atom. The minimum Gasteiger partial charge on any atom is -0.497 e. The second-order valence-corrected chi connectivity index (χ2v) is 6.95. The van der Waals surface area contributed by atoms with Crippen molar-refractivity contribution >= 4 is 5.91 Å². The maximum atomic E-state index is 12.5. The maximum Gasteiger partial charge on any atom is 0.251 e. The first-order valence-corrected chi connectivity index (χ1v) is 9.18. The monoisotopic (exact) mass is 337 g/mol. The van der Waals surface area contributed by atoms with Gasteiger partial charge in [-0.1, -0.05) is 44.0 Å². The Balaban J connectivity index is 1.71. The van der Waals surface area contributed by atoms with Gasteiger partial charge in [-0.25, -0.2) is 0 Å².